The molecule has 0 fully saturated rings. The molecule has 7 heteroatoms. The predicted molar refractivity (Wildman–Crippen MR) is 85.2 cm³/mol. The highest BCUT2D eigenvalue weighted by Crippen LogP contribution is 2.25. The summed E-state index contributed by atoms with van der Waals surface area (Å²) in [6, 6.07) is 5.36. The lowest BCUT2D eigenvalue weighted by atomic mass is 10.0. The molecule has 2 aromatic heterocycles. The number of carboxylic acids is 1. The lowest BCUT2D eigenvalue weighted by molar-refractivity contribution is -0.312. The van der Waals surface area contributed by atoms with Crippen molar-refractivity contribution in [2.75, 3.05) is 0 Å². The molecule has 0 unspecified atom stereocenters. The third-order valence-corrected chi connectivity index (χ3v) is 4.23. The zero-order valence-electron chi connectivity index (χ0n) is 12.3. The first-order chi connectivity index (χ1) is 11.1. The maximum absolute atomic E-state index is 14.2. The minimum absolute atomic E-state index is 0.00901. The Morgan fingerprint density at radius 1 is 1.43 bits per heavy atom. The zero-order valence-corrected chi connectivity index (χ0v) is 12.3. The van der Waals surface area contributed by atoms with Crippen molar-refractivity contribution in [3.05, 3.63) is 65.1 Å². The van der Waals surface area contributed by atoms with E-state index in [1.54, 1.807) is 6.08 Å². The van der Waals surface area contributed by atoms with Gasteiger partial charge in [0, 0.05) is 30.1 Å². The van der Waals surface area contributed by atoms with Gasteiger partial charge in [0.2, 0.25) is 5.71 Å². The molecule has 0 spiro atoms. The second-order valence-corrected chi connectivity index (χ2v) is 5.63. The lowest BCUT2D eigenvalue weighted by Crippen LogP contribution is -2.31. The number of aliphatic carboxylic acids is 1. The largest absolute Gasteiger partial charge is 0.605 e. The molecule has 5 nitrogen and oxygen atoms in total. The molecule has 0 aromatic carbocycles. The fourth-order valence-corrected chi connectivity index (χ4v) is 3.11. The van der Waals surface area contributed by atoms with Crippen molar-refractivity contribution >= 4 is 25.3 Å². The van der Waals surface area contributed by atoms with Gasteiger partial charge in [-0.05, 0) is 24.6 Å². The molecule has 0 radical (unpaired) electrons. The third kappa shape index (κ3) is 2.25. The molecule has 4 heterocycles. The summed E-state index contributed by atoms with van der Waals surface area (Å²) < 4.78 is 18.1. The molecule has 0 amide bonds. The maximum Gasteiger partial charge on any atom is 0.605 e. The van der Waals surface area contributed by atoms with Gasteiger partial charge >= 0.3 is 13.5 Å². The van der Waals surface area contributed by atoms with Gasteiger partial charge in [0.1, 0.15) is 11.5 Å². The molecule has 23 heavy (non-hydrogen) atoms. The molecule has 0 saturated carbocycles. The second-order valence-electron chi connectivity index (χ2n) is 5.63. The van der Waals surface area contributed by atoms with Gasteiger partial charge in [-0.15, -0.1) is 0 Å². The number of fused-ring (bicyclic) bond motifs is 2. The van der Waals surface area contributed by atoms with Crippen LogP contribution in [0.2, 0.25) is 0 Å². The van der Waals surface area contributed by atoms with Gasteiger partial charge in [-0.1, -0.05) is 0 Å². The van der Waals surface area contributed by atoms with E-state index in [1.807, 2.05) is 35.0 Å². The Bertz CT molecular complexity index is 891. The van der Waals surface area contributed by atoms with Gasteiger partial charge in [-0.3, -0.25) is 9.28 Å². The van der Waals surface area contributed by atoms with Crippen LogP contribution >= 0.6 is 0 Å². The van der Waals surface area contributed by atoms with Crippen LogP contribution in [-0.4, -0.2) is 38.3 Å². The molecule has 114 valence electrons. The van der Waals surface area contributed by atoms with Crippen LogP contribution in [-0.2, 0) is 11.2 Å². The van der Waals surface area contributed by atoms with E-state index in [0.717, 1.165) is 17.1 Å². The van der Waals surface area contributed by atoms with Gasteiger partial charge in [0.05, 0.1) is 12.1 Å². The van der Waals surface area contributed by atoms with Gasteiger partial charge in [0.25, 0.3) is 0 Å². The van der Waals surface area contributed by atoms with Crippen LogP contribution in [0.15, 0.2) is 42.2 Å². The van der Waals surface area contributed by atoms with Crippen LogP contribution in [0.5, 0.6) is 0 Å². The number of aromatic nitrogens is 2. The average molecular weight is 310 g/mol. The topological polar surface area (TPSA) is 61.0 Å². The van der Waals surface area contributed by atoms with Crippen LogP contribution < -0.4 is 0 Å². The second kappa shape index (κ2) is 5.12. The number of rotatable bonds is 4. The Balaban J connectivity index is 1.76. The van der Waals surface area contributed by atoms with Crippen LogP contribution in [0.4, 0.5) is 4.39 Å². The van der Waals surface area contributed by atoms with Crippen LogP contribution in [0.25, 0.3) is 6.08 Å². The number of H-pyrrole nitrogens is 1. The minimum atomic E-state index is -0.880. The first-order valence-corrected chi connectivity index (χ1v) is 7.41. The van der Waals surface area contributed by atoms with E-state index in [4.69, 9.17) is 5.11 Å². The predicted octanol–water partition coefficient (Wildman–Crippen LogP) is 1.51. The van der Waals surface area contributed by atoms with E-state index in [-0.39, 0.29) is 12.2 Å². The van der Waals surface area contributed by atoms with Gasteiger partial charge in [-0.25, -0.2) is 4.39 Å². The van der Waals surface area contributed by atoms with Crippen molar-refractivity contribution in [2.45, 2.75) is 12.8 Å². The summed E-state index contributed by atoms with van der Waals surface area (Å²) >= 11 is 0. The molecule has 2 aromatic rings. The van der Waals surface area contributed by atoms with E-state index in [1.165, 1.54) is 6.07 Å². The summed E-state index contributed by atoms with van der Waals surface area (Å²) in [5, 5.41) is 8.86. The number of halogens is 1. The van der Waals surface area contributed by atoms with Gasteiger partial charge < -0.3 is 14.6 Å². The first kappa shape index (κ1) is 13.8. The number of nitrogens with one attached hydrogen (secondary N) is 1. The summed E-state index contributed by atoms with van der Waals surface area (Å²) in [5.41, 5.74) is 4.16. The van der Waals surface area contributed by atoms with Crippen molar-refractivity contribution in [2.24, 2.45) is 0 Å². The van der Waals surface area contributed by atoms with E-state index < -0.39 is 5.97 Å². The number of hydrogen-bond donors (Lipinski definition) is 2. The quantitative estimate of drug-likeness (QED) is 0.841. The number of aryl methyl sites for hydroxylation is 1. The fourth-order valence-electron chi connectivity index (χ4n) is 3.11. The van der Waals surface area contributed by atoms with Crippen LogP contribution in [0.3, 0.4) is 0 Å². The van der Waals surface area contributed by atoms with Crippen molar-refractivity contribution < 1.29 is 18.8 Å². The highest BCUT2D eigenvalue weighted by molar-refractivity contribution is 6.29. The molecule has 0 aliphatic carbocycles. The Labute approximate surface area is 132 Å². The average Bonchev–Trinajstić information content (AvgIpc) is 3.22. The Morgan fingerprint density at radius 2 is 2.30 bits per heavy atom. The SMILES string of the molecule is O=C(O)CCc1cc(F)c2n1B[N+]1=C(c3ccc[nH]3)C=CC1=C2. The van der Waals surface area contributed by atoms with Crippen molar-refractivity contribution in [1.29, 1.82) is 0 Å². The van der Waals surface area contributed by atoms with Crippen LogP contribution in [0.1, 0.15) is 23.5 Å². The summed E-state index contributed by atoms with van der Waals surface area (Å²) in [6.45, 7) is 0. The number of allylic oxidation sites excluding steroid dienone is 2. The molecule has 4 rings (SSSR count). The van der Waals surface area contributed by atoms with Crippen molar-refractivity contribution in [3.63, 3.8) is 0 Å². The first-order valence-electron chi connectivity index (χ1n) is 7.41. The summed E-state index contributed by atoms with van der Waals surface area (Å²) in [4.78, 5) is 14.0. The molecule has 2 aliphatic heterocycles. The zero-order chi connectivity index (χ0) is 16.0. The number of carboxylic acid groups (broad SMARTS) is 1. The highest BCUT2D eigenvalue weighted by atomic mass is 19.1. The number of aromatic amines is 1. The molecule has 0 saturated heterocycles. The third-order valence-electron chi connectivity index (χ3n) is 4.23. The molecule has 2 N–H and O–H groups in total. The monoisotopic (exact) mass is 310 g/mol. The summed E-state index contributed by atoms with van der Waals surface area (Å²) in [5.74, 6) is -1.19. The highest BCUT2D eigenvalue weighted by Gasteiger charge is 2.34. The van der Waals surface area contributed by atoms with E-state index in [9.17, 15) is 9.18 Å². The van der Waals surface area contributed by atoms with Crippen LogP contribution in [0, 0.1) is 5.82 Å². The molecule has 2 aliphatic rings. The van der Waals surface area contributed by atoms with Crippen molar-refractivity contribution in [1.82, 2.24) is 9.46 Å². The van der Waals surface area contributed by atoms with E-state index in [2.05, 4.69) is 9.47 Å². The van der Waals surface area contributed by atoms with Crippen molar-refractivity contribution in [3.8, 4) is 0 Å². The molecular weight excluding hydrogens is 296 g/mol. The molecular formula is C16H14BFN3O2+. The lowest BCUT2D eigenvalue weighted by Gasteiger charge is -2.13. The normalized spacial score (nSPS) is 15.3. The molecule has 0 bridgehead atoms. The van der Waals surface area contributed by atoms with E-state index >= 15 is 0 Å². The Hall–Kier alpha value is -2.83. The fraction of sp³-hybridized carbons (Fsp3) is 0.125. The minimum Gasteiger partial charge on any atom is -0.481 e. The van der Waals surface area contributed by atoms with Gasteiger partial charge in [-0.2, -0.15) is 0 Å². The smallest absolute Gasteiger partial charge is 0.481 e. The Kier molecular flexibility index (Phi) is 3.07. The van der Waals surface area contributed by atoms with Gasteiger partial charge in [0.15, 0.2) is 5.70 Å². The number of hydrogen-bond acceptors (Lipinski definition) is 1. The summed E-state index contributed by atoms with van der Waals surface area (Å²) in [6.07, 6.45) is 7.93. The number of nitrogens with zero attached hydrogens (tertiary/aromatic N) is 2. The number of carbonyl (C=O) groups is 1. The maximum atomic E-state index is 14.2. The Morgan fingerprint density at radius 3 is 3.04 bits per heavy atom. The molecule has 0 atom stereocenters. The van der Waals surface area contributed by atoms with E-state index in [0.29, 0.717) is 25.4 Å². The standard InChI is InChI=1S/C16H13BFN3O2/c18-12-8-10(4-6-16(22)23)21-15(12)9-11-3-5-14(20(11)17-21)13-2-1-7-19-13/h1-3,5,7-9,17H,4,6H2,(H,22,23)/p+1. The summed E-state index contributed by atoms with van der Waals surface area (Å²) in [7, 11) is 0.474.